The van der Waals surface area contributed by atoms with Crippen molar-refractivity contribution in [3.05, 3.63) is 102 Å². The van der Waals surface area contributed by atoms with Gasteiger partial charge in [-0.25, -0.2) is 4.98 Å². The first-order chi connectivity index (χ1) is 17.2. The minimum atomic E-state index is -0.165. The first-order valence-corrected chi connectivity index (χ1v) is 11.4. The van der Waals surface area contributed by atoms with E-state index in [1.54, 1.807) is 25.3 Å². The number of rotatable bonds is 11. The molecule has 1 heterocycles. The third-order valence-electron chi connectivity index (χ3n) is 5.19. The van der Waals surface area contributed by atoms with Gasteiger partial charge in [0.2, 0.25) is 5.89 Å². The van der Waals surface area contributed by atoms with Crippen molar-refractivity contribution in [1.29, 1.82) is 0 Å². The standard InChI is InChI=1S/C29H27NO5/c1-3-17-33-26-12-8-7-11-24(26)25(31)15-14-23-20-35-29(30-23)22-13-16-27(32-2)28(18-22)34-19-21-9-5-4-6-10-21/h4-16,18,20H,3,17,19H2,1-2H3. The second-order valence-electron chi connectivity index (χ2n) is 7.76. The molecule has 0 saturated carbocycles. The topological polar surface area (TPSA) is 70.8 Å². The Kier molecular flexibility index (Phi) is 7.96. The SMILES string of the molecule is CCCOc1ccccc1C(=O)C=Cc1coc(-c2ccc(OC)c(OCc3ccccc3)c2)n1. The zero-order chi connectivity index (χ0) is 24.5. The van der Waals surface area contributed by atoms with E-state index in [-0.39, 0.29) is 5.78 Å². The number of ether oxygens (including phenoxy) is 3. The van der Waals surface area contributed by atoms with Gasteiger partial charge in [0.05, 0.1) is 19.3 Å². The van der Waals surface area contributed by atoms with Crippen LogP contribution in [0.4, 0.5) is 0 Å². The van der Waals surface area contributed by atoms with Gasteiger partial charge in [0.15, 0.2) is 17.3 Å². The number of aromatic nitrogens is 1. The van der Waals surface area contributed by atoms with E-state index in [9.17, 15) is 4.79 Å². The molecule has 4 rings (SSSR count). The van der Waals surface area contributed by atoms with Crippen LogP contribution in [-0.2, 0) is 6.61 Å². The quantitative estimate of drug-likeness (QED) is 0.182. The molecule has 0 spiro atoms. The Bertz CT molecular complexity index is 1290. The van der Waals surface area contributed by atoms with Crippen molar-refractivity contribution in [1.82, 2.24) is 4.98 Å². The fourth-order valence-electron chi connectivity index (χ4n) is 3.41. The Morgan fingerprint density at radius 2 is 1.74 bits per heavy atom. The summed E-state index contributed by atoms with van der Waals surface area (Å²) < 4.78 is 22.8. The van der Waals surface area contributed by atoms with E-state index in [2.05, 4.69) is 4.98 Å². The fourth-order valence-corrected chi connectivity index (χ4v) is 3.41. The highest BCUT2D eigenvalue weighted by Gasteiger charge is 2.13. The highest BCUT2D eigenvalue weighted by atomic mass is 16.5. The summed E-state index contributed by atoms with van der Waals surface area (Å²) in [4.78, 5) is 17.2. The number of carbonyl (C=O) groups excluding carboxylic acids is 1. The van der Waals surface area contributed by atoms with Crippen LogP contribution in [0.1, 0.15) is 35.0 Å². The summed E-state index contributed by atoms with van der Waals surface area (Å²) in [6, 6.07) is 22.6. The van der Waals surface area contributed by atoms with Gasteiger partial charge in [-0.3, -0.25) is 4.79 Å². The van der Waals surface area contributed by atoms with Gasteiger partial charge in [-0.1, -0.05) is 49.4 Å². The Morgan fingerprint density at radius 1 is 0.943 bits per heavy atom. The van der Waals surface area contributed by atoms with E-state index >= 15 is 0 Å². The van der Waals surface area contributed by atoms with E-state index < -0.39 is 0 Å². The number of oxazole rings is 1. The number of hydrogen-bond acceptors (Lipinski definition) is 6. The molecule has 3 aromatic carbocycles. The van der Waals surface area contributed by atoms with Crippen molar-refractivity contribution in [2.45, 2.75) is 20.0 Å². The maximum Gasteiger partial charge on any atom is 0.226 e. The van der Waals surface area contributed by atoms with E-state index in [1.165, 1.54) is 12.3 Å². The molecular weight excluding hydrogens is 442 g/mol. The Labute approximate surface area is 204 Å². The summed E-state index contributed by atoms with van der Waals surface area (Å²) in [5.41, 5.74) is 2.83. The van der Waals surface area contributed by atoms with Crippen LogP contribution in [0.15, 0.2) is 89.6 Å². The lowest BCUT2D eigenvalue weighted by atomic mass is 10.1. The summed E-state index contributed by atoms with van der Waals surface area (Å²) in [5, 5.41) is 0. The molecule has 0 aliphatic heterocycles. The molecule has 0 atom stereocenters. The van der Waals surface area contributed by atoms with Crippen LogP contribution in [0, 0.1) is 0 Å². The van der Waals surface area contributed by atoms with Crippen molar-refractivity contribution in [3.8, 4) is 28.7 Å². The number of ketones is 1. The first kappa shape index (κ1) is 23.8. The van der Waals surface area contributed by atoms with Gasteiger partial charge in [0.1, 0.15) is 24.3 Å². The summed E-state index contributed by atoms with van der Waals surface area (Å²) in [6.45, 7) is 2.99. The van der Waals surface area contributed by atoms with Crippen molar-refractivity contribution in [3.63, 3.8) is 0 Å². The number of carbonyl (C=O) groups is 1. The van der Waals surface area contributed by atoms with Crippen LogP contribution in [0.5, 0.6) is 17.2 Å². The number of allylic oxidation sites excluding steroid dienone is 1. The molecule has 6 heteroatoms. The summed E-state index contributed by atoms with van der Waals surface area (Å²) in [7, 11) is 1.60. The van der Waals surface area contributed by atoms with Gasteiger partial charge in [0, 0.05) is 5.56 Å². The lowest BCUT2D eigenvalue weighted by Crippen LogP contribution is -2.02. The number of benzene rings is 3. The molecule has 0 aliphatic rings. The van der Waals surface area contributed by atoms with E-state index in [0.29, 0.717) is 47.6 Å². The Morgan fingerprint density at radius 3 is 2.54 bits per heavy atom. The molecule has 0 N–H and O–H groups in total. The monoisotopic (exact) mass is 469 g/mol. The molecule has 4 aromatic rings. The third kappa shape index (κ3) is 6.18. The van der Waals surface area contributed by atoms with Crippen LogP contribution in [0.2, 0.25) is 0 Å². The van der Waals surface area contributed by atoms with Gasteiger partial charge in [0.25, 0.3) is 0 Å². The number of para-hydroxylation sites is 1. The second kappa shape index (κ2) is 11.7. The lowest BCUT2D eigenvalue weighted by Gasteiger charge is -2.11. The van der Waals surface area contributed by atoms with Crippen molar-refractivity contribution in [2.75, 3.05) is 13.7 Å². The fraction of sp³-hybridized carbons (Fsp3) is 0.172. The zero-order valence-corrected chi connectivity index (χ0v) is 19.8. The molecular formula is C29H27NO5. The van der Waals surface area contributed by atoms with Crippen LogP contribution in [-0.4, -0.2) is 24.5 Å². The molecule has 0 unspecified atom stereocenters. The van der Waals surface area contributed by atoms with Crippen LogP contribution < -0.4 is 14.2 Å². The predicted octanol–water partition coefficient (Wildman–Crippen LogP) is 6.61. The minimum Gasteiger partial charge on any atom is -0.493 e. The molecule has 35 heavy (non-hydrogen) atoms. The van der Waals surface area contributed by atoms with Gasteiger partial charge >= 0.3 is 0 Å². The smallest absolute Gasteiger partial charge is 0.226 e. The lowest BCUT2D eigenvalue weighted by molar-refractivity contribution is 0.104. The van der Waals surface area contributed by atoms with E-state index in [4.69, 9.17) is 18.6 Å². The molecule has 0 bridgehead atoms. The highest BCUT2D eigenvalue weighted by Crippen LogP contribution is 2.33. The van der Waals surface area contributed by atoms with Crippen LogP contribution >= 0.6 is 0 Å². The van der Waals surface area contributed by atoms with Gasteiger partial charge in [-0.05, 0) is 54.5 Å². The first-order valence-electron chi connectivity index (χ1n) is 11.4. The van der Waals surface area contributed by atoms with Gasteiger partial charge in [-0.2, -0.15) is 0 Å². The van der Waals surface area contributed by atoms with Crippen molar-refractivity contribution >= 4 is 11.9 Å². The molecule has 178 valence electrons. The van der Waals surface area contributed by atoms with Crippen molar-refractivity contribution < 1.29 is 23.4 Å². The maximum absolute atomic E-state index is 12.7. The molecule has 0 amide bonds. The zero-order valence-electron chi connectivity index (χ0n) is 19.8. The average molecular weight is 470 g/mol. The third-order valence-corrected chi connectivity index (χ3v) is 5.19. The minimum absolute atomic E-state index is 0.165. The predicted molar refractivity (Wildman–Crippen MR) is 135 cm³/mol. The van der Waals surface area contributed by atoms with Crippen LogP contribution in [0.25, 0.3) is 17.5 Å². The molecule has 1 aromatic heterocycles. The Hall–Kier alpha value is -4.32. The number of nitrogens with zero attached hydrogens (tertiary/aromatic N) is 1. The van der Waals surface area contributed by atoms with E-state index in [1.807, 2.05) is 67.6 Å². The molecule has 6 nitrogen and oxygen atoms in total. The molecule has 0 saturated heterocycles. The Balaban J connectivity index is 1.48. The molecule has 0 radical (unpaired) electrons. The van der Waals surface area contributed by atoms with Crippen LogP contribution in [0.3, 0.4) is 0 Å². The summed E-state index contributed by atoms with van der Waals surface area (Å²) in [6.07, 6.45) is 5.47. The average Bonchev–Trinajstić information content (AvgIpc) is 3.39. The number of methoxy groups -OCH3 is 1. The second-order valence-corrected chi connectivity index (χ2v) is 7.76. The van der Waals surface area contributed by atoms with Gasteiger partial charge < -0.3 is 18.6 Å². The molecule has 0 fully saturated rings. The highest BCUT2D eigenvalue weighted by molar-refractivity contribution is 6.08. The maximum atomic E-state index is 12.7. The van der Waals surface area contributed by atoms with Crippen molar-refractivity contribution in [2.24, 2.45) is 0 Å². The normalized spacial score (nSPS) is 10.9. The largest absolute Gasteiger partial charge is 0.493 e. The van der Waals surface area contributed by atoms with E-state index in [0.717, 1.165) is 17.5 Å². The summed E-state index contributed by atoms with van der Waals surface area (Å²) in [5.74, 6) is 2.03. The summed E-state index contributed by atoms with van der Waals surface area (Å²) >= 11 is 0. The van der Waals surface area contributed by atoms with Gasteiger partial charge in [-0.15, -0.1) is 0 Å². The molecule has 0 aliphatic carbocycles. The number of hydrogen-bond donors (Lipinski definition) is 0.